The normalized spacial score (nSPS) is 21.5. The van der Waals surface area contributed by atoms with Gasteiger partial charge in [0.1, 0.15) is 23.1 Å². The number of likely N-dealkylation sites (tertiary alicyclic amines) is 1. The minimum atomic E-state index is -4.34. The molecule has 2 aromatic carbocycles. The molecule has 1 amide bonds. The molecule has 0 unspecified atom stereocenters. The van der Waals surface area contributed by atoms with Gasteiger partial charge in [0.2, 0.25) is 16.0 Å². The van der Waals surface area contributed by atoms with Crippen LogP contribution in [0.15, 0.2) is 36.4 Å². The molecule has 1 aliphatic carbocycles. The third-order valence-electron chi connectivity index (χ3n) is 6.73. The quantitative estimate of drug-likeness (QED) is 0.556. The van der Waals surface area contributed by atoms with E-state index in [0.717, 1.165) is 24.3 Å². The van der Waals surface area contributed by atoms with E-state index < -0.39 is 62.5 Å². The smallest absolute Gasteiger partial charge is 0.254 e. The lowest BCUT2D eigenvalue weighted by atomic mass is 9.91. The first kappa shape index (κ1) is 25.6. The van der Waals surface area contributed by atoms with Crippen LogP contribution in [0.2, 0.25) is 0 Å². The number of rotatable bonds is 7. The van der Waals surface area contributed by atoms with E-state index >= 15 is 4.39 Å². The SMILES string of the molecule is CC(C)(O)C(=O)N1CC2(CC2)[C@H](NS(=O)(=O)CF)[C@@H]1Cc1cc(F)cc(-c2cccc(F)c2)c1F. The predicted molar refractivity (Wildman–Crippen MR) is 121 cm³/mol. The number of nitrogens with zero attached hydrogens (tertiary/aromatic N) is 1. The van der Waals surface area contributed by atoms with E-state index in [2.05, 4.69) is 4.72 Å². The van der Waals surface area contributed by atoms with E-state index in [1.54, 1.807) is 0 Å². The van der Waals surface area contributed by atoms with Crippen molar-refractivity contribution in [3.63, 3.8) is 0 Å². The van der Waals surface area contributed by atoms with Crippen LogP contribution in [-0.2, 0) is 21.2 Å². The first-order valence-corrected chi connectivity index (χ1v) is 12.7. The van der Waals surface area contributed by atoms with Gasteiger partial charge >= 0.3 is 0 Å². The Labute approximate surface area is 201 Å². The van der Waals surface area contributed by atoms with Gasteiger partial charge in [-0.1, -0.05) is 12.1 Å². The molecule has 2 aromatic rings. The molecule has 2 fully saturated rings. The Kier molecular flexibility index (Phi) is 6.48. The monoisotopic (exact) mass is 514 g/mol. The first-order chi connectivity index (χ1) is 16.3. The van der Waals surface area contributed by atoms with Crippen molar-refractivity contribution < 1.29 is 35.9 Å². The van der Waals surface area contributed by atoms with Crippen LogP contribution >= 0.6 is 0 Å². The van der Waals surface area contributed by atoms with Crippen molar-refractivity contribution in [2.75, 3.05) is 12.6 Å². The summed E-state index contributed by atoms with van der Waals surface area (Å²) in [6.07, 6.45) is 0.770. The summed E-state index contributed by atoms with van der Waals surface area (Å²) in [5.41, 5.74) is -2.75. The zero-order chi connectivity index (χ0) is 25.8. The molecule has 190 valence electrons. The summed E-state index contributed by atoms with van der Waals surface area (Å²) in [7, 11) is -4.34. The van der Waals surface area contributed by atoms with E-state index in [9.17, 15) is 31.5 Å². The van der Waals surface area contributed by atoms with Crippen molar-refractivity contribution >= 4 is 15.9 Å². The third-order valence-corrected chi connectivity index (χ3v) is 7.63. The lowest BCUT2D eigenvalue weighted by Crippen LogP contribution is -2.53. The van der Waals surface area contributed by atoms with Crippen LogP contribution < -0.4 is 4.72 Å². The van der Waals surface area contributed by atoms with E-state index in [-0.39, 0.29) is 29.7 Å². The van der Waals surface area contributed by atoms with Crippen LogP contribution in [0, 0.1) is 22.9 Å². The molecule has 1 heterocycles. The van der Waals surface area contributed by atoms with Crippen LogP contribution in [0.4, 0.5) is 17.6 Å². The second-order valence-electron chi connectivity index (χ2n) is 9.88. The summed E-state index contributed by atoms with van der Waals surface area (Å²) in [4.78, 5) is 14.3. The Morgan fingerprint density at radius 3 is 2.43 bits per heavy atom. The lowest BCUT2D eigenvalue weighted by Gasteiger charge is -2.32. The molecule has 4 rings (SSSR count). The zero-order valence-electron chi connectivity index (χ0n) is 19.2. The molecular weight excluding hydrogens is 488 g/mol. The molecule has 2 atom stereocenters. The molecule has 2 N–H and O–H groups in total. The number of halogens is 4. The summed E-state index contributed by atoms with van der Waals surface area (Å²) >= 11 is 0. The Bertz CT molecular complexity index is 1260. The summed E-state index contributed by atoms with van der Waals surface area (Å²) in [5, 5.41) is 10.3. The Morgan fingerprint density at radius 1 is 1.17 bits per heavy atom. The molecule has 35 heavy (non-hydrogen) atoms. The molecule has 1 saturated heterocycles. The standard InChI is InChI=1S/C24H26F4N2O4S/c1-23(2,32)22(31)30-12-24(6-7-24)21(29-35(33,34)13-25)19(30)10-15-9-17(27)11-18(20(15)28)14-4-3-5-16(26)8-14/h3-5,8-9,11,19,21,29,32H,6-7,10,12-13H2,1-2H3/t19-,21+/m0/s1. The molecule has 11 heteroatoms. The van der Waals surface area contributed by atoms with E-state index in [1.807, 2.05) is 0 Å². The van der Waals surface area contributed by atoms with E-state index in [1.165, 1.54) is 30.9 Å². The van der Waals surface area contributed by atoms with Crippen LogP contribution in [0.1, 0.15) is 32.3 Å². The molecule has 1 saturated carbocycles. The van der Waals surface area contributed by atoms with Crippen LogP contribution in [0.5, 0.6) is 0 Å². The fourth-order valence-corrected chi connectivity index (χ4v) is 5.75. The highest BCUT2D eigenvalue weighted by molar-refractivity contribution is 7.89. The van der Waals surface area contributed by atoms with Gasteiger partial charge in [0.15, 0.2) is 0 Å². The van der Waals surface area contributed by atoms with Crippen LogP contribution in [0.3, 0.4) is 0 Å². The lowest BCUT2D eigenvalue weighted by molar-refractivity contribution is -0.149. The molecule has 1 spiro atoms. The zero-order valence-corrected chi connectivity index (χ0v) is 20.0. The topological polar surface area (TPSA) is 86.7 Å². The van der Waals surface area contributed by atoms with Gasteiger partial charge in [-0.05, 0) is 68.5 Å². The molecule has 0 radical (unpaired) electrons. The van der Waals surface area contributed by atoms with Crippen molar-refractivity contribution in [1.82, 2.24) is 9.62 Å². The summed E-state index contributed by atoms with van der Waals surface area (Å²) in [5.74, 6) is -3.00. The summed E-state index contributed by atoms with van der Waals surface area (Å²) in [6.45, 7) is 2.62. The van der Waals surface area contributed by atoms with Gasteiger partial charge in [-0.2, -0.15) is 0 Å². The van der Waals surface area contributed by atoms with Gasteiger partial charge in [-0.25, -0.2) is 30.7 Å². The van der Waals surface area contributed by atoms with Crippen molar-refractivity contribution in [3.05, 3.63) is 59.4 Å². The average Bonchev–Trinajstić information content (AvgIpc) is 3.50. The van der Waals surface area contributed by atoms with Crippen LogP contribution in [-0.4, -0.2) is 54.6 Å². The molecular formula is C24H26F4N2O4S. The molecule has 1 aliphatic heterocycles. The van der Waals surface area contributed by atoms with Gasteiger partial charge in [0.25, 0.3) is 5.91 Å². The maximum atomic E-state index is 15.6. The van der Waals surface area contributed by atoms with Gasteiger partial charge in [0, 0.05) is 23.6 Å². The number of nitrogens with one attached hydrogen (secondary N) is 1. The van der Waals surface area contributed by atoms with Gasteiger partial charge in [0.05, 0.1) is 6.04 Å². The van der Waals surface area contributed by atoms with E-state index in [4.69, 9.17) is 0 Å². The fraction of sp³-hybridized carbons (Fsp3) is 0.458. The Morgan fingerprint density at radius 2 is 1.86 bits per heavy atom. The number of hydrogen-bond acceptors (Lipinski definition) is 4. The Hall–Kier alpha value is -2.50. The molecule has 6 nitrogen and oxygen atoms in total. The first-order valence-electron chi connectivity index (χ1n) is 11.1. The number of alkyl halides is 1. The van der Waals surface area contributed by atoms with Crippen LogP contribution in [0.25, 0.3) is 11.1 Å². The average molecular weight is 515 g/mol. The maximum Gasteiger partial charge on any atom is 0.254 e. The second kappa shape index (κ2) is 8.86. The van der Waals surface area contributed by atoms with Gasteiger partial charge in [-0.3, -0.25) is 4.79 Å². The summed E-state index contributed by atoms with van der Waals surface area (Å²) in [6, 6.07) is 3.19. The number of aliphatic hydroxyl groups is 1. The number of sulfonamides is 1. The minimum Gasteiger partial charge on any atom is -0.381 e. The third kappa shape index (κ3) is 5.07. The van der Waals surface area contributed by atoms with Crippen molar-refractivity contribution in [3.8, 4) is 11.1 Å². The number of hydrogen-bond donors (Lipinski definition) is 2. The minimum absolute atomic E-state index is 0.0770. The van der Waals surface area contributed by atoms with Crippen molar-refractivity contribution in [1.29, 1.82) is 0 Å². The molecule has 0 aromatic heterocycles. The number of benzene rings is 2. The number of carbonyl (C=O) groups is 1. The summed E-state index contributed by atoms with van der Waals surface area (Å²) < 4.78 is 83.6. The highest BCUT2D eigenvalue weighted by Crippen LogP contribution is 2.56. The second-order valence-corrected chi connectivity index (χ2v) is 11.6. The van der Waals surface area contributed by atoms with Gasteiger partial charge < -0.3 is 10.0 Å². The predicted octanol–water partition coefficient (Wildman–Crippen LogP) is 3.29. The van der Waals surface area contributed by atoms with Crippen molar-refractivity contribution in [2.24, 2.45) is 5.41 Å². The Balaban J connectivity index is 1.78. The molecule has 0 bridgehead atoms. The highest BCUT2D eigenvalue weighted by atomic mass is 32.2. The number of amides is 1. The maximum absolute atomic E-state index is 15.6. The largest absolute Gasteiger partial charge is 0.381 e. The highest BCUT2D eigenvalue weighted by Gasteiger charge is 2.62. The number of carbonyl (C=O) groups excluding carboxylic acids is 1. The van der Waals surface area contributed by atoms with E-state index in [0.29, 0.717) is 12.8 Å². The fourth-order valence-electron chi connectivity index (χ4n) is 4.89. The van der Waals surface area contributed by atoms with Crippen molar-refractivity contribution in [2.45, 2.75) is 50.8 Å². The van der Waals surface area contributed by atoms with Gasteiger partial charge in [-0.15, -0.1) is 0 Å². The molecule has 2 aliphatic rings.